The molecule has 0 aliphatic heterocycles. The second kappa shape index (κ2) is 7.40. The van der Waals surface area contributed by atoms with E-state index in [-0.39, 0.29) is 23.2 Å². The maximum atomic E-state index is 13.5. The van der Waals surface area contributed by atoms with Crippen LogP contribution in [-0.4, -0.2) is 33.6 Å². The Morgan fingerprint density at radius 2 is 2.10 bits per heavy atom. The highest BCUT2D eigenvalue weighted by Gasteiger charge is 2.22. The lowest BCUT2D eigenvalue weighted by Crippen LogP contribution is -2.32. The number of halogens is 3. The second-order valence-electron chi connectivity index (χ2n) is 4.18. The van der Waals surface area contributed by atoms with Gasteiger partial charge in [-0.15, -0.1) is 0 Å². The summed E-state index contributed by atoms with van der Waals surface area (Å²) < 4.78 is 41.2. The quantitative estimate of drug-likeness (QED) is 0.794. The molecule has 118 valence electrons. The Morgan fingerprint density at radius 1 is 1.48 bits per heavy atom. The molecule has 0 aliphatic carbocycles. The minimum Gasteiger partial charge on any atom is -0.377 e. The van der Waals surface area contributed by atoms with E-state index in [1.54, 1.807) is 6.92 Å². The summed E-state index contributed by atoms with van der Waals surface area (Å²) in [6.07, 6.45) is -0.227. The van der Waals surface area contributed by atoms with Gasteiger partial charge in [0, 0.05) is 23.8 Å². The Balaban J connectivity index is 3.00. The van der Waals surface area contributed by atoms with Gasteiger partial charge in [0.25, 0.3) is 15.0 Å². The molecule has 9 heteroatoms. The first kappa shape index (κ1) is 18.2. The van der Waals surface area contributed by atoms with Crippen LogP contribution >= 0.6 is 22.3 Å². The minimum atomic E-state index is -4.31. The third kappa shape index (κ3) is 5.10. The van der Waals surface area contributed by atoms with Crippen LogP contribution in [0.25, 0.3) is 0 Å². The molecule has 0 radical (unpaired) electrons. The van der Waals surface area contributed by atoms with Gasteiger partial charge >= 0.3 is 0 Å². The molecule has 0 saturated carbocycles. The van der Waals surface area contributed by atoms with Crippen LogP contribution in [0.2, 0.25) is 5.02 Å². The van der Waals surface area contributed by atoms with E-state index in [4.69, 9.17) is 27.0 Å². The van der Waals surface area contributed by atoms with Crippen LogP contribution in [-0.2, 0) is 13.8 Å². The van der Waals surface area contributed by atoms with Crippen molar-refractivity contribution in [3.05, 3.63) is 28.5 Å². The van der Waals surface area contributed by atoms with Gasteiger partial charge in [0.05, 0.1) is 16.7 Å². The Morgan fingerprint density at radius 3 is 2.62 bits per heavy atom. The first-order chi connectivity index (χ1) is 9.66. The van der Waals surface area contributed by atoms with Crippen LogP contribution in [0.3, 0.4) is 0 Å². The molecule has 5 nitrogen and oxygen atoms in total. The molecule has 1 aromatic carbocycles. The largest absolute Gasteiger partial charge is 0.377 e. The lowest BCUT2D eigenvalue weighted by atomic mass is 10.2. The molecule has 0 fully saturated rings. The number of nitrogens with one attached hydrogen (secondary N) is 1. The molecule has 0 bridgehead atoms. The molecule has 1 atom stereocenters. The van der Waals surface area contributed by atoms with E-state index in [1.807, 2.05) is 6.92 Å². The molecule has 1 aromatic rings. The highest BCUT2D eigenvalue weighted by atomic mass is 35.7. The number of carbonyl (C=O) groups is 1. The summed E-state index contributed by atoms with van der Waals surface area (Å²) in [7, 11) is 0.787. The van der Waals surface area contributed by atoms with Gasteiger partial charge < -0.3 is 10.1 Å². The summed E-state index contributed by atoms with van der Waals surface area (Å²) in [5, 5.41) is 2.30. The first-order valence-corrected chi connectivity index (χ1v) is 8.69. The van der Waals surface area contributed by atoms with E-state index >= 15 is 0 Å². The Kier molecular flexibility index (Phi) is 6.40. The molecule has 1 rings (SSSR count). The number of rotatable bonds is 6. The summed E-state index contributed by atoms with van der Waals surface area (Å²) in [5.41, 5.74) is -0.180. The normalized spacial score (nSPS) is 13.0. The van der Waals surface area contributed by atoms with Crippen LogP contribution in [0.4, 0.5) is 4.39 Å². The molecule has 1 N–H and O–H groups in total. The zero-order valence-corrected chi connectivity index (χ0v) is 13.6. The van der Waals surface area contributed by atoms with Gasteiger partial charge in [-0.2, -0.15) is 0 Å². The van der Waals surface area contributed by atoms with Crippen molar-refractivity contribution in [2.24, 2.45) is 0 Å². The number of hydrogen-bond acceptors (Lipinski definition) is 4. The van der Waals surface area contributed by atoms with Crippen molar-refractivity contribution in [2.45, 2.75) is 24.8 Å². The standard InChI is InChI=1S/C12H14Cl2FNO4S/c1-3-20-7(2)6-16-12(17)8-4-11(21(14,18)19)10(15)5-9(8)13/h4-5,7H,3,6H2,1-2H3,(H,16,17). The number of amides is 1. The van der Waals surface area contributed by atoms with Gasteiger partial charge in [0.1, 0.15) is 10.7 Å². The highest BCUT2D eigenvalue weighted by Crippen LogP contribution is 2.26. The van der Waals surface area contributed by atoms with Crippen LogP contribution < -0.4 is 5.32 Å². The fourth-order valence-electron chi connectivity index (χ4n) is 1.57. The SMILES string of the molecule is CCOC(C)CNC(=O)c1cc(S(=O)(=O)Cl)c(F)cc1Cl. The molecule has 0 aromatic heterocycles. The van der Waals surface area contributed by atoms with Crippen molar-refractivity contribution < 1.29 is 22.3 Å². The van der Waals surface area contributed by atoms with Crippen molar-refractivity contribution in [1.82, 2.24) is 5.32 Å². The van der Waals surface area contributed by atoms with Gasteiger partial charge in [0.15, 0.2) is 0 Å². The van der Waals surface area contributed by atoms with Gasteiger partial charge in [-0.25, -0.2) is 12.8 Å². The maximum Gasteiger partial charge on any atom is 0.264 e. The molecule has 0 saturated heterocycles. The average Bonchev–Trinajstić information content (AvgIpc) is 2.34. The minimum absolute atomic E-state index is 0.180. The van der Waals surface area contributed by atoms with Crippen LogP contribution in [0.5, 0.6) is 0 Å². The predicted molar refractivity (Wildman–Crippen MR) is 77.9 cm³/mol. The second-order valence-corrected chi connectivity index (χ2v) is 7.12. The van der Waals surface area contributed by atoms with E-state index in [2.05, 4.69) is 5.32 Å². The summed E-state index contributed by atoms with van der Waals surface area (Å²) in [4.78, 5) is 11.2. The summed E-state index contributed by atoms with van der Waals surface area (Å²) in [6, 6.07) is 1.54. The van der Waals surface area contributed by atoms with E-state index in [0.29, 0.717) is 6.61 Å². The number of hydrogen-bond donors (Lipinski definition) is 1. The molecule has 0 heterocycles. The zero-order chi connectivity index (χ0) is 16.2. The third-order valence-corrected chi connectivity index (χ3v) is 4.18. The predicted octanol–water partition coefficient (Wildman–Crippen LogP) is 2.56. The summed E-state index contributed by atoms with van der Waals surface area (Å²) >= 11 is 5.75. The van der Waals surface area contributed by atoms with Crippen LogP contribution in [0.1, 0.15) is 24.2 Å². The molecule has 0 aliphatic rings. The van der Waals surface area contributed by atoms with Crippen molar-refractivity contribution in [3.63, 3.8) is 0 Å². The lowest BCUT2D eigenvalue weighted by Gasteiger charge is -2.13. The van der Waals surface area contributed by atoms with Crippen LogP contribution in [0, 0.1) is 5.82 Å². The molecular formula is C12H14Cl2FNO4S. The zero-order valence-electron chi connectivity index (χ0n) is 11.3. The van der Waals surface area contributed by atoms with Crippen LogP contribution in [0.15, 0.2) is 17.0 Å². The highest BCUT2D eigenvalue weighted by molar-refractivity contribution is 8.13. The molecule has 0 spiro atoms. The topological polar surface area (TPSA) is 72.5 Å². The van der Waals surface area contributed by atoms with Gasteiger partial charge in [-0.05, 0) is 26.0 Å². The number of benzene rings is 1. The third-order valence-electron chi connectivity index (χ3n) is 2.53. The van der Waals surface area contributed by atoms with E-state index in [1.165, 1.54) is 0 Å². The van der Waals surface area contributed by atoms with Crippen molar-refractivity contribution in [2.75, 3.05) is 13.2 Å². The van der Waals surface area contributed by atoms with E-state index in [9.17, 15) is 17.6 Å². The van der Waals surface area contributed by atoms with Crippen molar-refractivity contribution in [3.8, 4) is 0 Å². The average molecular weight is 358 g/mol. The Bertz CT molecular complexity index is 636. The number of carbonyl (C=O) groups excluding carboxylic acids is 1. The Hall–Kier alpha value is -0.890. The van der Waals surface area contributed by atoms with E-state index in [0.717, 1.165) is 12.1 Å². The summed E-state index contributed by atoms with van der Waals surface area (Å²) in [5.74, 6) is -1.76. The summed E-state index contributed by atoms with van der Waals surface area (Å²) in [6.45, 7) is 4.25. The first-order valence-electron chi connectivity index (χ1n) is 6.00. The Labute approximate surface area is 131 Å². The molecule has 1 amide bonds. The fourth-order valence-corrected chi connectivity index (χ4v) is 2.71. The van der Waals surface area contributed by atoms with Gasteiger partial charge in [-0.3, -0.25) is 4.79 Å². The van der Waals surface area contributed by atoms with Gasteiger partial charge in [0.2, 0.25) is 0 Å². The fraction of sp³-hybridized carbons (Fsp3) is 0.417. The lowest BCUT2D eigenvalue weighted by molar-refractivity contribution is 0.0695. The molecular weight excluding hydrogens is 344 g/mol. The monoisotopic (exact) mass is 357 g/mol. The molecule has 21 heavy (non-hydrogen) atoms. The van der Waals surface area contributed by atoms with Crippen molar-refractivity contribution in [1.29, 1.82) is 0 Å². The van der Waals surface area contributed by atoms with E-state index < -0.39 is 25.7 Å². The maximum absolute atomic E-state index is 13.5. The smallest absolute Gasteiger partial charge is 0.264 e. The molecule has 1 unspecified atom stereocenters. The number of ether oxygens (including phenoxy) is 1. The van der Waals surface area contributed by atoms with Crippen molar-refractivity contribution >= 4 is 37.2 Å². The van der Waals surface area contributed by atoms with Gasteiger partial charge in [-0.1, -0.05) is 11.6 Å².